The van der Waals surface area contributed by atoms with Crippen LogP contribution in [0.25, 0.3) is 0 Å². The number of rotatable bonds is 6. The lowest BCUT2D eigenvalue weighted by atomic mass is 10.2. The third-order valence-corrected chi connectivity index (χ3v) is 5.57. The number of hydrogen-bond donors (Lipinski definition) is 2. The van der Waals surface area contributed by atoms with E-state index in [0.717, 1.165) is 37.3 Å². The standard InChI is InChI=1S/C17H20N4O3S/c18-17(22)14-3-5-15(6-4-14)25(23,24)20-12-13-7-8-19-16(11-13)21-9-1-2-10-21/h3-8,11,20H,1-2,9-10,12H2,(H2,18,22). The number of amides is 1. The van der Waals surface area contributed by atoms with Gasteiger partial charge >= 0.3 is 0 Å². The Hall–Kier alpha value is -2.45. The number of nitrogens with one attached hydrogen (secondary N) is 1. The van der Waals surface area contributed by atoms with Gasteiger partial charge < -0.3 is 10.6 Å². The van der Waals surface area contributed by atoms with Gasteiger partial charge in [0, 0.05) is 31.4 Å². The Morgan fingerprint density at radius 3 is 2.48 bits per heavy atom. The van der Waals surface area contributed by atoms with Crippen molar-refractivity contribution in [1.29, 1.82) is 0 Å². The van der Waals surface area contributed by atoms with Crippen LogP contribution >= 0.6 is 0 Å². The van der Waals surface area contributed by atoms with Crippen molar-refractivity contribution >= 4 is 21.7 Å². The second-order valence-corrected chi connectivity index (χ2v) is 7.70. The van der Waals surface area contributed by atoms with Gasteiger partial charge in [-0.25, -0.2) is 18.1 Å². The smallest absolute Gasteiger partial charge is 0.248 e. The molecule has 3 rings (SSSR count). The highest BCUT2D eigenvalue weighted by Crippen LogP contribution is 2.19. The van der Waals surface area contributed by atoms with E-state index in [0.29, 0.717) is 0 Å². The van der Waals surface area contributed by atoms with Gasteiger partial charge in [0.1, 0.15) is 5.82 Å². The fourth-order valence-electron chi connectivity index (χ4n) is 2.75. The molecule has 132 valence electrons. The molecule has 7 nitrogen and oxygen atoms in total. The molecule has 0 unspecified atom stereocenters. The van der Waals surface area contributed by atoms with Gasteiger partial charge in [-0.2, -0.15) is 0 Å². The molecule has 0 saturated carbocycles. The molecule has 1 aliphatic rings. The summed E-state index contributed by atoms with van der Waals surface area (Å²) in [5, 5.41) is 0. The van der Waals surface area contributed by atoms with Crippen molar-refractivity contribution in [1.82, 2.24) is 9.71 Å². The van der Waals surface area contributed by atoms with Crippen LogP contribution in [0.15, 0.2) is 47.5 Å². The van der Waals surface area contributed by atoms with Gasteiger partial charge in [0.25, 0.3) is 0 Å². The maximum atomic E-state index is 12.4. The molecule has 0 aliphatic carbocycles. The molecular formula is C17H20N4O3S. The number of pyridine rings is 1. The maximum absolute atomic E-state index is 12.4. The van der Waals surface area contributed by atoms with E-state index in [1.807, 2.05) is 6.07 Å². The lowest BCUT2D eigenvalue weighted by Crippen LogP contribution is -2.24. The first-order chi connectivity index (χ1) is 12.0. The molecule has 2 aromatic rings. The Morgan fingerprint density at radius 2 is 1.84 bits per heavy atom. The van der Waals surface area contributed by atoms with E-state index < -0.39 is 15.9 Å². The molecule has 1 saturated heterocycles. The van der Waals surface area contributed by atoms with Crippen molar-refractivity contribution in [2.24, 2.45) is 5.73 Å². The number of nitrogens with zero attached hydrogens (tertiary/aromatic N) is 2. The van der Waals surface area contributed by atoms with Gasteiger partial charge in [0.2, 0.25) is 15.9 Å². The number of benzene rings is 1. The van der Waals surface area contributed by atoms with Crippen molar-refractivity contribution in [2.75, 3.05) is 18.0 Å². The molecule has 3 N–H and O–H groups in total. The third-order valence-electron chi connectivity index (χ3n) is 4.16. The van der Waals surface area contributed by atoms with E-state index in [1.165, 1.54) is 24.3 Å². The predicted molar refractivity (Wildman–Crippen MR) is 94.7 cm³/mol. The van der Waals surface area contributed by atoms with E-state index in [-0.39, 0.29) is 17.0 Å². The summed E-state index contributed by atoms with van der Waals surface area (Å²) in [7, 11) is -3.67. The van der Waals surface area contributed by atoms with Crippen molar-refractivity contribution < 1.29 is 13.2 Å². The number of hydrogen-bond acceptors (Lipinski definition) is 5. The Kier molecular flexibility index (Phi) is 5.00. The van der Waals surface area contributed by atoms with Crippen LogP contribution in [-0.4, -0.2) is 32.4 Å². The van der Waals surface area contributed by atoms with Crippen LogP contribution in [0.4, 0.5) is 5.82 Å². The van der Waals surface area contributed by atoms with Gasteiger partial charge in [0.15, 0.2) is 0 Å². The SMILES string of the molecule is NC(=O)c1ccc(S(=O)(=O)NCc2ccnc(N3CCCC3)c2)cc1. The van der Waals surface area contributed by atoms with Gasteiger partial charge in [-0.05, 0) is 54.8 Å². The summed E-state index contributed by atoms with van der Waals surface area (Å²) in [4.78, 5) is 17.7. The van der Waals surface area contributed by atoms with Gasteiger partial charge in [-0.1, -0.05) is 0 Å². The molecule has 1 amide bonds. The highest BCUT2D eigenvalue weighted by Gasteiger charge is 2.16. The van der Waals surface area contributed by atoms with Crippen LogP contribution in [0.3, 0.4) is 0 Å². The van der Waals surface area contributed by atoms with Gasteiger partial charge in [-0.3, -0.25) is 4.79 Å². The molecule has 1 aromatic carbocycles. The number of carbonyl (C=O) groups excluding carboxylic acids is 1. The highest BCUT2D eigenvalue weighted by molar-refractivity contribution is 7.89. The summed E-state index contributed by atoms with van der Waals surface area (Å²) in [6, 6.07) is 9.22. The molecule has 1 aliphatic heterocycles. The Balaban J connectivity index is 1.69. The zero-order valence-electron chi connectivity index (χ0n) is 13.7. The van der Waals surface area contributed by atoms with Crippen LogP contribution in [0.5, 0.6) is 0 Å². The average Bonchev–Trinajstić information content (AvgIpc) is 3.15. The second-order valence-electron chi connectivity index (χ2n) is 5.93. The summed E-state index contributed by atoms with van der Waals surface area (Å²) >= 11 is 0. The van der Waals surface area contributed by atoms with E-state index in [1.54, 1.807) is 12.3 Å². The number of primary amides is 1. The second kappa shape index (κ2) is 7.20. The number of anilines is 1. The third kappa shape index (κ3) is 4.15. The first-order valence-corrected chi connectivity index (χ1v) is 9.53. The van der Waals surface area contributed by atoms with Gasteiger partial charge in [0.05, 0.1) is 4.90 Å². The summed E-state index contributed by atoms with van der Waals surface area (Å²) in [5.41, 5.74) is 6.27. The van der Waals surface area contributed by atoms with Crippen LogP contribution in [0.2, 0.25) is 0 Å². The van der Waals surface area contributed by atoms with E-state index in [9.17, 15) is 13.2 Å². The number of nitrogens with two attached hydrogens (primary N) is 1. The Labute approximate surface area is 146 Å². The lowest BCUT2D eigenvalue weighted by Gasteiger charge is -2.17. The van der Waals surface area contributed by atoms with Gasteiger partial charge in [-0.15, -0.1) is 0 Å². The zero-order chi connectivity index (χ0) is 17.9. The van der Waals surface area contributed by atoms with Crippen molar-refractivity contribution in [3.8, 4) is 0 Å². The minimum atomic E-state index is -3.67. The molecule has 0 bridgehead atoms. The topological polar surface area (TPSA) is 105 Å². The summed E-state index contributed by atoms with van der Waals surface area (Å²) in [5.74, 6) is 0.281. The number of aromatic nitrogens is 1. The molecule has 0 spiro atoms. The first-order valence-electron chi connectivity index (χ1n) is 8.05. The monoisotopic (exact) mass is 360 g/mol. The lowest BCUT2D eigenvalue weighted by molar-refractivity contribution is 0.1000. The molecule has 1 fully saturated rings. The molecule has 25 heavy (non-hydrogen) atoms. The molecule has 2 heterocycles. The first kappa shape index (κ1) is 17.4. The summed E-state index contributed by atoms with van der Waals surface area (Å²) < 4.78 is 27.3. The molecule has 8 heteroatoms. The minimum Gasteiger partial charge on any atom is -0.366 e. The van der Waals surface area contributed by atoms with E-state index >= 15 is 0 Å². The summed E-state index contributed by atoms with van der Waals surface area (Å²) in [6.45, 7) is 2.13. The molecule has 0 atom stereocenters. The Morgan fingerprint density at radius 1 is 1.16 bits per heavy atom. The quantitative estimate of drug-likeness (QED) is 0.807. The van der Waals surface area contributed by atoms with Crippen molar-refractivity contribution in [2.45, 2.75) is 24.3 Å². The number of sulfonamides is 1. The van der Waals surface area contributed by atoms with Crippen molar-refractivity contribution in [3.63, 3.8) is 0 Å². The normalized spacial score (nSPS) is 14.6. The van der Waals surface area contributed by atoms with Crippen LogP contribution < -0.4 is 15.4 Å². The molecule has 0 radical (unpaired) electrons. The Bertz CT molecular complexity index is 860. The zero-order valence-corrected chi connectivity index (χ0v) is 14.5. The van der Waals surface area contributed by atoms with E-state index in [2.05, 4.69) is 14.6 Å². The van der Waals surface area contributed by atoms with E-state index in [4.69, 9.17) is 5.73 Å². The fraction of sp³-hybridized carbons (Fsp3) is 0.294. The predicted octanol–water partition coefficient (Wildman–Crippen LogP) is 1.26. The van der Waals surface area contributed by atoms with Crippen LogP contribution in [0, 0.1) is 0 Å². The molecular weight excluding hydrogens is 340 g/mol. The largest absolute Gasteiger partial charge is 0.366 e. The summed E-state index contributed by atoms with van der Waals surface area (Å²) in [6.07, 6.45) is 4.00. The van der Waals surface area contributed by atoms with Crippen LogP contribution in [-0.2, 0) is 16.6 Å². The average molecular weight is 360 g/mol. The number of carbonyl (C=O) groups is 1. The highest BCUT2D eigenvalue weighted by atomic mass is 32.2. The minimum absolute atomic E-state index is 0.0892. The van der Waals surface area contributed by atoms with Crippen molar-refractivity contribution in [3.05, 3.63) is 53.7 Å². The van der Waals surface area contributed by atoms with Crippen LogP contribution in [0.1, 0.15) is 28.8 Å². The molecule has 1 aromatic heterocycles. The fourth-order valence-corrected chi connectivity index (χ4v) is 3.77. The maximum Gasteiger partial charge on any atom is 0.248 e.